The average molecular weight is 247 g/mol. The Morgan fingerprint density at radius 2 is 2.00 bits per heavy atom. The molecule has 90 valence electrons. The summed E-state index contributed by atoms with van der Waals surface area (Å²) in [6, 6.07) is 0.170. The Labute approximate surface area is 99.0 Å². The van der Waals surface area contributed by atoms with Gasteiger partial charge in [0, 0.05) is 6.54 Å². The topological polar surface area (TPSA) is 80.2 Å². The minimum Gasteiger partial charge on any atom is -0.461 e. The summed E-state index contributed by atoms with van der Waals surface area (Å²) < 4.78 is 5.29. The van der Waals surface area contributed by atoms with E-state index in [9.17, 15) is 0 Å². The number of aliphatic hydroxyl groups excluding tert-OH is 1. The number of rotatable bonds is 5. The summed E-state index contributed by atoms with van der Waals surface area (Å²) >= 11 is 5.70. The lowest BCUT2D eigenvalue weighted by Crippen LogP contribution is -2.18. The smallest absolute Gasteiger partial charge is 0.322 e. The van der Waals surface area contributed by atoms with Gasteiger partial charge in [-0.25, -0.2) is 0 Å². The standard InChI is InChI=1S/C9H15ClN4O2/c1-5(2)16-9-13-7(10)12-8(14-9)11-4-6(3)15/h5-6,15H,4H2,1-3H3,(H,11,12,13,14). The molecule has 2 N–H and O–H groups in total. The highest BCUT2D eigenvalue weighted by atomic mass is 35.5. The Hall–Kier alpha value is -1.14. The molecule has 1 aromatic rings. The van der Waals surface area contributed by atoms with Crippen LogP contribution in [0.3, 0.4) is 0 Å². The number of nitrogens with zero attached hydrogens (tertiary/aromatic N) is 3. The minimum absolute atomic E-state index is 0.0388. The van der Waals surface area contributed by atoms with Crippen LogP contribution >= 0.6 is 11.6 Å². The maximum atomic E-state index is 9.10. The molecule has 0 aliphatic carbocycles. The molecule has 1 aromatic heterocycles. The van der Waals surface area contributed by atoms with Gasteiger partial charge >= 0.3 is 6.01 Å². The van der Waals surface area contributed by atoms with Crippen LogP contribution in [0.4, 0.5) is 5.95 Å². The molecule has 16 heavy (non-hydrogen) atoms. The van der Waals surface area contributed by atoms with Gasteiger partial charge in [-0.05, 0) is 32.4 Å². The Morgan fingerprint density at radius 1 is 1.31 bits per heavy atom. The Kier molecular flexibility index (Phi) is 4.70. The van der Waals surface area contributed by atoms with Crippen LogP contribution in [0.5, 0.6) is 6.01 Å². The summed E-state index contributed by atoms with van der Waals surface area (Å²) in [7, 11) is 0. The van der Waals surface area contributed by atoms with Gasteiger partial charge in [0.25, 0.3) is 0 Å². The van der Waals surface area contributed by atoms with Gasteiger partial charge < -0.3 is 15.2 Å². The fraction of sp³-hybridized carbons (Fsp3) is 0.667. The molecule has 0 fully saturated rings. The summed E-state index contributed by atoms with van der Waals surface area (Å²) in [4.78, 5) is 11.7. The molecule has 0 aliphatic heterocycles. The number of hydrogen-bond donors (Lipinski definition) is 2. The van der Waals surface area contributed by atoms with Crippen molar-refractivity contribution in [2.45, 2.75) is 33.0 Å². The minimum atomic E-state index is -0.495. The van der Waals surface area contributed by atoms with Gasteiger partial charge in [-0.2, -0.15) is 15.0 Å². The Bertz CT molecular complexity index is 346. The predicted octanol–water partition coefficient (Wildman–Crippen LogP) is 1.10. The second-order valence-electron chi connectivity index (χ2n) is 3.61. The molecule has 6 nitrogen and oxygen atoms in total. The van der Waals surface area contributed by atoms with Crippen molar-refractivity contribution >= 4 is 17.5 Å². The van der Waals surface area contributed by atoms with Crippen molar-refractivity contribution in [2.75, 3.05) is 11.9 Å². The number of anilines is 1. The van der Waals surface area contributed by atoms with Crippen molar-refractivity contribution < 1.29 is 9.84 Å². The highest BCUT2D eigenvalue weighted by Gasteiger charge is 2.07. The first-order valence-electron chi connectivity index (χ1n) is 4.97. The summed E-state index contributed by atoms with van der Waals surface area (Å²) in [6.45, 7) is 5.71. The molecule has 0 amide bonds. The summed E-state index contributed by atoms with van der Waals surface area (Å²) in [6.07, 6.45) is -0.534. The molecule has 0 bridgehead atoms. The van der Waals surface area contributed by atoms with Crippen LogP contribution in [-0.2, 0) is 0 Å². The first-order chi connectivity index (χ1) is 7.47. The first kappa shape index (κ1) is 12.9. The summed E-state index contributed by atoms with van der Waals surface area (Å²) in [5, 5.41) is 12.0. The average Bonchev–Trinajstić information content (AvgIpc) is 2.12. The number of ether oxygens (including phenoxy) is 1. The van der Waals surface area contributed by atoms with Crippen LogP contribution in [0, 0.1) is 0 Å². The maximum absolute atomic E-state index is 9.10. The molecule has 1 heterocycles. The first-order valence-corrected chi connectivity index (χ1v) is 5.35. The zero-order valence-electron chi connectivity index (χ0n) is 9.44. The molecule has 1 atom stereocenters. The van der Waals surface area contributed by atoms with E-state index in [-0.39, 0.29) is 23.3 Å². The van der Waals surface area contributed by atoms with Gasteiger partial charge in [-0.1, -0.05) is 0 Å². The van der Waals surface area contributed by atoms with Crippen molar-refractivity contribution in [3.8, 4) is 6.01 Å². The number of hydrogen-bond acceptors (Lipinski definition) is 6. The quantitative estimate of drug-likeness (QED) is 0.810. The highest BCUT2D eigenvalue weighted by Crippen LogP contribution is 2.12. The Morgan fingerprint density at radius 3 is 2.56 bits per heavy atom. The SMILES string of the molecule is CC(O)CNc1nc(Cl)nc(OC(C)C)n1. The predicted molar refractivity (Wildman–Crippen MR) is 60.8 cm³/mol. The van der Waals surface area contributed by atoms with Gasteiger partial charge in [-0.3, -0.25) is 0 Å². The second-order valence-corrected chi connectivity index (χ2v) is 3.95. The van der Waals surface area contributed by atoms with Gasteiger partial charge in [0.2, 0.25) is 11.2 Å². The summed E-state index contributed by atoms with van der Waals surface area (Å²) in [5.74, 6) is 0.288. The second kappa shape index (κ2) is 5.81. The third-order valence-electron chi connectivity index (χ3n) is 1.48. The maximum Gasteiger partial charge on any atom is 0.322 e. The highest BCUT2D eigenvalue weighted by molar-refractivity contribution is 6.28. The lowest BCUT2D eigenvalue weighted by molar-refractivity contribution is 0.207. The van der Waals surface area contributed by atoms with Crippen LogP contribution in [0.1, 0.15) is 20.8 Å². The van der Waals surface area contributed by atoms with E-state index in [0.29, 0.717) is 6.54 Å². The fourth-order valence-corrected chi connectivity index (χ4v) is 1.07. The summed E-state index contributed by atoms with van der Waals surface area (Å²) in [5.41, 5.74) is 0. The lowest BCUT2D eigenvalue weighted by atomic mass is 10.4. The van der Waals surface area contributed by atoms with Crippen molar-refractivity contribution in [1.29, 1.82) is 0 Å². The molecule has 0 radical (unpaired) electrons. The van der Waals surface area contributed by atoms with E-state index in [1.165, 1.54) is 0 Å². The molecule has 0 saturated heterocycles. The number of aromatic nitrogens is 3. The van der Waals surface area contributed by atoms with Crippen LogP contribution in [-0.4, -0.2) is 38.8 Å². The Balaban J connectivity index is 2.73. The van der Waals surface area contributed by atoms with Crippen LogP contribution < -0.4 is 10.1 Å². The monoisotopic (exact) mass is 246 g/mol. The third kappa shape index (κ3) is 4.59. The molecule has 0 aromatic carbocycles. The lowest BCUT2D eigenvalue weighted by Gasteiger charge is -2.10. The number of aliphatic hydroxyl groups is 1. The molecule has 1 unspecified atom stereocenters. The molecule has 0 saturated carbocycles. The van der Waals surface area contributed by atoms with E-state index in [0.717, 1.165) is 0 Å². The van der Waals surface area contributed by atoms with Crippen molar-refractivity contribution in [3.63, 3.8) is 0 Å². The third-order valence-corrected chi connectivity index (χ3v) is 1.65. The van der Waals surface area contributed by atoms with Crippen LogP contribution in [0.15, 0.2) is 0 Å². The normalized spacial score (nSPS) is 12.6. The zero-order chi connectivity index (χ0) is 12.1. The molecule has 0 aliphatic rings. The molecular formula is C9H15ClN4O2. The van der Waals surface area contributed by atoms with Gasteiger partial charge in [-0.15, -0.1) is 0 Å². The molecule has 7 heteroatoms. The van der Waals surface area contributed by atoms with Crippen molar-refractivity contribution in [1.82, 2.24) is 15.0 Å². The fourth-order valence-electron chi connectivity index (χ4n) is 0.913. The van der Waals surface area contributed by atoms with E-state index in [1.54, 1.807) is 6.92 Å². The molecule has 0 spiro atoms. The van der Waals surface area contributed by atoms with Crippen molar-refractivity contribution in [3.05, 3.63) is 5.28 Å². The van der Waals surface area contributed by atoms with Crippen molar-refractivity contribution in [2.24, 2.45) is 0 Å². The van der Waals surface area contributed by atoms with E-state index < -0.39 is 6.10 Å². The number of nitrogens with one attached hydrogen (secondary N) is 1. The van der Waals surface area contributed by atoms with E-state index in [4.69, 9.17) is 21.4 Å². The van der Waals surface area contributed by atoms with E-state index >= 15 is 0 Å². The number of halogens is 1. The van der Waals surface area contributed by atoms with E-state index in [1.807, 2.05) is 13.8 Å². The zero-order valence-corrected chi connectivity index (χ0v) is 10.2. The van der Waals surface area contributed by atoms with Gasteiger partial charge in [0.05, 0.1) is 12.2 Å². The van der Waals surface area contributed by atoms with Crippen LogP contribution in [0.2, 0.25) is 5.28 Å². The van der Waals surface area contributed by atoms with Gasteiger partial charge in [0.15, 0.2) is 0 Å². The largest absolute Gasteiger partial charge is 0.461 e. The van der Waals surface area contributed by atoms with E-state index in [2.05, 4.69) is 20.3 Å². The van der Waals surface area contributed by atoms with Crippen LogP contribution in [0.25, 0.3) is 0 Å². The molecular weight excluding hydrogens is 232 g/mol. The molecule has 1 rings (SSSR count). The van der Waals surface area contributed by atoms with Gasteiger partial charge in [0.1, 0.15) is 0 Å².